The number of amides is 2. The lowest BCUT2D eigenvalue weighted by atomic mass is 10.2. The van der Waals surface area contributed by atoms with Crippen LogP contribution in [0.25, 0.3) is 0 Å². The van der Waals surface area contributed by atoms with E-state index < -0.39 is 11.8 Å². The number of furan rings is 1. The third kappa shape index (κ3) is 5.38. The van der Waals surface area contributed by atoms with Crippen molar-refractivity contribution in [3.63, 3.8) is 0 Å². The minimum absolute atomic E-state index is 0.229. The molecule has 0 saturated heterocycles. The molecule has 1 heterocycles. The standard InChI is InChI=1S/C17H19N3O5/c1-11-4-5-13(25-11)9-19-20-16(21)10-18-17(22)12-6-14(23-2)8-15(7-12)24-3/h4-9H,10H2,1-3H3,(H,18,22)(H,20,21)/b19-9-. The fourth-order valence-electron chi connectivity index (χ4n) is 1.93. The minimum Gasteiger partial charge on any atom is -0.497 e. The Morgan fingerprint density at radius 1 is 1.16 bits per heavy atom. The summed E-state index contributed by atoms with van der Waals surface area (Å²) < 4.78 is 15.5. The highest BCUT2D eigenvalue weighted by atomic mass is 16.5. The minimum atomic E-state index is -0.470. The fraction of sp³-hybridized carbons (Fsp3) is 0.235. The van der Waals surface area contributed by atoms with Crippen molar-refractivity contribution in [1.82, 2.24) is 10.7 Å². The van der Waals surface area contributed by atoms with Crippen LogP contribution in [-0.2, 0) is 4.79 Å². The second-order valence-corrected chi connectivity index (χ2v) is 5.03. The first-order chi connectivity index (χ1) is 12.0. The zero-order valence-corrected chi connectivity index (χ0v) is 14.2. The molecule has 132 valence electrons. The molecule has 0 bridgehead atoms. The van der Waals surface area contributed by atoms with E-state index in [9.17, 15) is 9.59 Å². The normalized spacial score (nSPS) is 10.5. The summed E-state index contributed by atoms with van der Waals surface area (Å²) in [4.78, 5) is 23.8. The molecule has 2 aromatic rings. The molecule has 2 rings (SSSR count). The summed E-state index contributed by atoms with van der Waals surface area (Å²) in [5.41, 5.74) is 2.62. The number of carbonyl (C=O) groups excluding carboxylic acids is 2. The maximum absolute atomic E-state index is 12.1. The predicted octanol–water partition coefficient (Wildman–Crippen LogP) is 1.49. The number of carbonyl (C=O) groups is 2. The maximum atomic E-state index is 12.1. The quantitative estimate of drug-likeness (QED) is 0.585. The molecule has 0 fully saturated rings. The Kier molecular flexibility index (Phi) is 6.16. The van der Waals surface area contributed by atoms with Gasteiger partial charge >= 0.3 is 0 Å². The number of nitrogens with one attached hydrogen (secondary N) is 2. The van der Waals surface area contributed by atoms with Gasteiger partial charge < -0.3 is 19.2 Å². The summed E-state index contributed by atoms with van der Waals surface area (Å²) in [6.07, 6.45) is 1.37. The maximum Gasteiger partial charge on any atom is 0.259 e. The second kappa shape index (κ2) is 8.53. The first-order valence-corrected chi connectivity index (χ1v) is 7.41. The van der Waals surface area contributed by atoms with E-state index in [0.717, 1.165) is 5.76 Å². The summed E-state index contributed by atoms with van der Waals surface area (Å²) in [6, 6.07) is 8.25. The van der Waals surface area contributed by atoms with Gasteiger partial charge in [0.2, 0.25) is 0 Å². The highest BCUT2D eigenvalue weighted by Gasteiger charge is 2.11. The Morgan fingerprint density at radius 3 is 2.40 bits per heavy atom. The zero-order valence-electron chi connectivity index (χ0n) is 14.2. The Morgan fingerprint density at radius 2 is 1.84 bits per heavy atom. The number of hydrogen-bond acceptors (Lipinski definition) is 6. The van der Waals surface area contributed by atoms with Crippen LogP contribution in [0.1, 0.15) is 21.9 Å². The van der Waals surface area contributed by atoms with Gasteiger partial charge in [0.25, 0.3) is 11.8 Å². The van der Waals surface area contributed by atoms with E-state index in [1.54, 1.807) is 37.3 Å². The first-order valence-electron chi connectivity index (χ1n) is 7.41. The summed E-state index contributed by atoms with van der Waals surface area (Å²) in [5, 5.41) is 6.25. The molecule has 0 aliphatic carbocycles. The van der Waals surface area contributed by atoms with E-state index in [-0.39, 0.29) is 6.54 Å². The molecule has 0 spiro atoms. The van der Waals surface area contributed by atoms with Gasteiger partial charge in [0.05, 0.1) is 27.0 Å². The van der Waals surface area contributed by atoms with E-state index in [1.807, 2.05) is 0 Å². The van der Waals surface area contributed by atoms with Crippen molar-refractivity contribution in [2.45, 2.75) is 6.92 Å². The third-order valence-electron chi connectivity index (χ3n) is 3.17. The van der Waals surface area contributed by atoms with Crippen molar-refractivity contribution in [3.8, 4) is 11.5 Å². The van der Waals surface area contributed by atoms with Crippen LogP contribution in [0, 0.1) is 6.92 Å². The predicted molar refractivity (Wildman–Crippen MR) is 91.1 cm³/mol. The number of hydrogen-bond donors (Lipinski definition) is 2. The van der Waals surface area contributed by atoms with Gasteiger partial charge in [-0.1, -0.05) is 0 Å². The summed E-state index contributed by atoms with van der Waals surface area (Å²) in [7, 11) is 2.98. The van der Waals surface area contributed by atoms with Gasteiger partial charge in [-0.05, 0) is 31.2 Å². The van der Waals surface area contributed by atoms with Crippen molar-refractivity contribution >= 4 is 18.0 Å². The lowest BCUT2D eigenvalue weighted by Crippen LogP contribution is -2.34. The molecule has 0 atom stereocenters. The highest BCUT2D eigenvalue weighted by Crippen LogP contribution is 2.22. The lowest BCUT2D eigenvalue weighted by Gasteiger charge is -2.08. The molecule has 2 N–H and O–H groups in total. The largest absolute Gasteiger partial charge is 0.497 e. The molecular formula is C17H19N3O5. The number of nitrogens with zero attached hydrogens (tertiary/aromatic N) is 1. The van der Waals surface area contributed by atoms with Gasteiger partial charge in [-0.3, -0.25) is 9.59 Å². The fourth-order valence-corrected chi connectivity index (χ4v) is 1.93. The van der Waals surface area contributed by atoms with E-state index in [1.165, 1.54) is 20.4 Å². The van der Waals surface area contributed by atoms with Crippen molar-refractivity contribution < 1.29 is 23.5 Å². The Bertz CT molecular complexity index is 760. The molecule has 0 aliphatic heterocycles. The SMILES string of the molecule is COc1cc(OC)cc(C(=O)NCC(=O)N/N=C\c2ccc(C)o2)c1. The van der Waals surface area contributed by atoms with E-state index in [2.05, 4.69) is 15.8 Å². The van der Waals surface area contributed by atoms with Crippen LogP contribution in [0.3, 0.4) is 0 Å². The summed E-state index contributed by atoms with van der Waals surface area (Å²) in [5.74, 6) is 1.32. The van der Waals surface area contributed by atoms with Gasteiger partial charge in [-0.15, -0.1) is 0 Å². The van der Waals surface area contributed by atoms with Crippen molar-refractivity contribution in [3.05, 3.63) is 47.4 Å². The number of rotatable bonds is 7. The Balaban J connectivity index is 1.86. The smallest absolute Gasteiger partial charge is 0.259 e. The van der Waals surface area contributed by atoms with E-state index >= 15 is 0 Å². The topological polar surface area (TPSA) is 102 Å². The monoisotopic (exact) mass is 345 g/mol. The lowest BCUT2D eigenvalue weighted by molar-refractivity contribution is -0.120. The average Bonchev–Trinajstić information content (AvgIpc) is 3.04. The van der Waals surface area contributed by atoms with Crippen LogP contribution in [0.5, 0.6) is 11.5 Å². The first kappa shape index (κ1) is 18.1. The van der Waals surface area contributed by atoms with Gasteiger partial charge in [-0.2, -0.15) is 5.10 Å². The van der Waals surface area contributed by atoms with Crippen LogP contribution >= 0.6 is 0 Å². The van der Waals surface area contributed by atoms with Gasteiger partial charge in [0.1, 0.15) is 23.0 Å². The van der Waals surface area contributed by atoms with Crippen molar-refractivity contribution in [1.29, 1.82) is 0 Å². The van der Waals surface area contributed by atoms with Crippen LogP contribution in [0.15, 0.2) is 39.9 Å². The van der Waals surface area contributed by atoms with Crippen molar-refractivity contribution in [2.75, 3.05) is 20.8 Å². The molecule has 0 unspecified atom stereocenters. The molecule has 8 nitrogen and oxygen atoms in total. The number of ether oxygens (including phenoxy) is 2. The number of benzene rings is 1. The number of methoxy groups -OCH3 is 2. The van der Waals surface area contributed by atoms with E-state index in [0.29, 0.717) is 22.8 Å². The molecule has 1 aromatic heterocycles. The van der Waals surface area contributed by atoms with Gasteiger partial charge in [0, 0.05) is 11.6 Å². The van der Waals surface area contributed by atoms with E-state index in [4.69, 9.17) is 13.9 Å². The summed E-state index contributed by atoms with van der Waals surface area (Å²) in [6.45, 7) is 1.58. The molecule has 2 amide bonds. The molecule has 1 aromatic carbocycles. The van der Waals surface area contributed by atoms with Crippen LogP contribution in [0.2, 0.25) is 0 Å². The average molecular weight is 345 g/mol. The van der Waals surface area contributed by atoms with Crippen LogP contribution in [-0.4, -0.2) is 38.8 Å². The van der Waals surface area contributed by atoms with Gasteiger partial charge in [-0.25, -0.2) is 5.43 Å². The molecule has 0 saturated carbocycles. The molecule has 0 aliphatic rings. The van der Waals surface area contributed by atoms with Crippen molar-refractivity contribution in [2.24, 2.45) is 5.10 Å². The molecule has 8 heteroatoms. The molecular weight excluding hydrogens is 326 g/mol. The summed E-state index contributed by atoms with van der Waals surface area (Å²) >= 11 is 0. The molecule has 25 heavy (non-hydrogen) atoms. The zero-order chi connectivity index (χ0) is 18.2. The van der Waals surface area contributed by atoms with Crippen LogP contribution < -0.4 is 20.2 Å². The Labute approximate surface area is 144 Å². The Hall–Kier alpha value is -3.29. The third-order valence-corrected chi connectivity index (χ3v) is 3.17. The van der Waals surface area contributed by atoms with Gasteiger partial charge in [0.15, 0.2) is 0 Å². The highest BCUT2D eigenvalue weighted by molar-refractivity contribution is 5.97. The number of aryl methyl sites for hydroxylation is 1. The number of hydrazone groups is 1. The van der Waals surface area contributed by atoms with Crippen LogP contribution in [0.4, 0.5) is 0 Å². The molecule has 0 radical (unpaired) electrons. The second-order valence-electron chi connectivity index (χ2n) is 5.03.